The zero-order chi connectivity index (χ0) is 24.5. The lowest BCUT2D eigenvalue weighted by Gasteiger charge is -2.32. The SMILES string of the molecule is CC(C)NC(=O)[C@@H](Cc1ccccc1)N(Cc1ccc(Br)cc1)C(=O)COc1ccc(Cl)cc1. The fourth-order valence-corrected chi connectivity index (χ4v) is 3.87. The van der Waals surface area contributed by atoms with Gasteiger partial charge in [-0.3, -0.25) is 9.59 Å². The summed E-state index contributed by atoms with van der Waals surface area (Å²) in [7, 11) is 0. The third-order valence-corrected chi connectivity index (χ3v) is 5.92. The molecule has 0 saturated heterocycles. The van der Waals surface area contributed by atoms with Gasteiger partial charge in [0.05, 0.1) is 0 Å². The zero-order valence-electron chi connectivity index (χ0n) is 19.2. The van der Waals surface area contributed by atoms with E-state index in [1.54, 1.807) is 29.2 Å². The van der Waals surface area contributed by atoms with E-state index in [-0.39, 0.29) is 31.0 Å². The third-order valence-electron chi connectivity index (χ3n) is 5.14. The fraction of sp³-hybridized carbons (Fsp3) is 0.259. The maximum absolute atomic E-state index is 13.5. The lowest BCUT2D eigenvalue weighted by Crippen LogP contribution is -2.52. The second-order valence-corrected chi connectivity index (χ2v) is 9.61. The Balaban J connectivity index is 1.89. The molecule has 34 heavy (non-hydrogen) atoms. The minimum atomic E-state index is -0.699. The van der Waals surface area contributed by atoms with Crippen LogP contribution in [0.3, 0.4) is 0 Å². The van der Waals surface area contributed by atoms with Crippen molar-refractivity contribution in [2.75, 3.05) is 6.61 Å². The molecule has 0 aromatic heterocycles. The highest BCUT2D eigenvalue weighted by molar-refractivity contribution is 9.10. The lowest BCUT2D eigenvalue weighted by molar-refractivity contribution is -0.143. The van der Waals surface area contributed by atoms with Crippen molar-refractivity contribution in [1.82, 2.24) is 10.2 Å². The van der Waals surface area contributed by atoms with Crippen LogP contribution in [0.1, 0.15) is 25.0 Å². The molecular formula is C27H28BrClN2O3. The number of nitrogens with one attached hydrogen (secondary N) is 1. The topological polar surface area (TPSA) is 58.6 Å². The van der Waals surface area contributed by atoms with Crippen LogP contribution in [-0.4, -0.2) is 35.4 Å². The predicted molar refractivity (Wildman–Crippen MR) is 139 cm³/mol. The predicted octanol–water partition coefficient (Wildman–Crippen LogP) is 5.65. The average Bonchev–Trinajstić information content (AvgIpc) is 2.82. The number of hydrogen-bond acceptors (Lipinski definition) is 3. The van der Waals surface area contributed by atoms with Crippen molar-refractivity contribution in [2.24, 2.45) is 0 Å². The summed E-state index contributed by atoms with van der Waals surface area (Å²) in [6, 6.07) is 23.5. The second-order valence-electron chi connectivity index (χ2n) is 8.26. The van der Waals surface area contributed by atoms with Crippen LogP contribution in [0.4, 0.5) is 0 Å². The number of carbonyl (C=O) groups excluding carboxylic acids is 2. The first-order valence-corrected chi connectivity index (χ1v) is 12.3. The van der Waals surface area contributed by atoms with Crippen molar-refractivity contribution in [3.05, 3.63) is 99.5 Å². The standard InChI is InChI=1S/C27H28BrClN2O3/c1-19(2)30-27(33)25(16-20-6-4-3-5-7-20)31(17-21-8-10-22(28)11-9-21)26(32)18-34-24-14-12-23(29)13-15-24/h3-15,19,25H,16-18H2,1-2H3,(H,30,33)/t25-/m1/s1. The molecule has 0 heterocycles. The fourth-order valence-electron chi connectivity index (χ4n) is 3.48. The average molecular weight is 544 g/mol. The molecule has 0 spiro atoms. The van der Waals surface area contributed by atoms with Gasteiger partial charge in [0.2, 0.25) is 5.91 Å². The van der Waals surface area contributed by atoms with Crippen molar-refractivity contribution in [1.29, 1.82) is 0 Å². The summed E-state index contributed by atoms with van der Waals surface area (Å²) >= 11 is 9.39. The van der Waals surface area contributed by atoms with Crippen LogP contribution in [0.2, 0.25) is 5.02 Å². The lowest BCUT2D eigenvalue weighted by atomic mass is 10.0. The molecule has 0 radical (unpaired) electrons. The molecular weight excluding hydrogens is 516 g/mol. The minimum Gasteiger partial charge on any atom is -0.484 e. The molecule has 7 heteroatoms. The van der Waals surface area contributed by atoms with Gasteiger partial charge in [-0.05, 0) is 61.4 Å². The van der Waals surface area contributed by atoms with E-state index in [1.807, 2.05) is 68.4 Å². The quantitative estimate of drug-likeness (QED) is 0.360. The summed E-state index contributed by atoms with van der Waals surface area (Å²) in [5.74, 6) is 0.0566. The number of carbonyl (C=O) groups is 2. The molecule has 5 nitrogen and oxygen atoms in total. The highest BCUT2D eigenvalue weighted by Gasteiger charge is 2.31. The van der Waals surface area contributed by atoms with Crippen LogP contribution in [0, 0.1) is 0 Å². The highest BCUT2D eigenvalue weighted by atomic mass is 79.9. The summed E-state index contributed by atoms with van der Waals surface area (Å²) < 4.78 is 6.68. The van der Waals surface area contributed by atoms with Crippen molar-refractivity contribution in [3.63, 3.8) is 0 Å². The number of ether oxygens (including phenoxy) is 1. The van der Waals surface area contributed by atoms with E-state index in [0.717, 1.165) is 15.6 Å². The molecule has 0 unspecified atom stereocenters. The van der Waals surface area contributed by atoms with Crippen molar-refractivity contribution < 1.29 is 14.3 Å². The molecule has 1 N–H and O–H groups in total. The van der Waals surface area contributed by atoms with Crippen LogP contribution in [0.25, 0.3) is 0 Å². The first-order valence-electron chi connectivity index (χ1n) is 11.1. The van der Waals surface area contributed by atoms with E-state index < -0.39 is 6.04 Å². The molecule has 3 aromatic carbocycles. The van der Waals surface area contributed by atoms with Gasteiger partial charge in [0.25, 0.3) is 5.91 Å². The van der Waals surface area contributed by atoms with E-state index in [9.17, 15) is 9.59 Å². The number of nitrogens with zero attached hydrogens (tertiary/aromatic N) is 1. The maximum Gasteiger partial charge on any atom is 0.261 e. The second kappa shape index (κ2) is 12.6. The minimum absolute atomic E-state index is 0.0549. The smallest absolute Gasteiger partial charge is 0.261 e. The van der Waals surface area contributed by atoms with Gasteiger partial charge in [-0.25, -0.2) is 0 Å². The van der Waals surface area contributed by atoms with Gasteiger partial charge in [-0.2, -0.15) is 0 Å². The largest absolute Gasteiger partial charge is 0.484 e. The zero-order valence-corrected chi connectivity index (χ0v) is 21.6. The molecule has 3 rings (SSSR count). The molecule has 0 aliphatic carbocycles. The van der Waals surface area contributed by atoms with Gasteiger partial charge in [-0.15, -0.1) is 0 Å². The summed E-state index contributed by atoms with van der Waals surface area (Å²) in [5, 5.41) is 3.56. The Kier molecular flexibility index (Phi) is 9.54. The van der Waals surface area contributed by atoms with E-state index >= 15 is 0 Å². The van der Waals surface area contributed by atoms with Crippen LogP contribution in [-0.2, 0) is 22.6 Å². The van der Waals surface area contributed by atoms with Crippen molar-refractivity contribution in [3.8, 4) is 5.75 Å². The molecule has 3 aromatic rings. The Morgan fingerprint density at radius 1 is 0.941 bits per heavy atom. The monoisotopic (exact) mass is 542 g/mol. The highest BCUT2D eigenvalue weighted by Crippen LogP contribution is 2.19. The number of hydrogen-bond donors (Lipinski definition) is 1. The first kappa shape index (κ1) is 25.8. The summed E-state index contributed by atoms with van der Waals surface area (Å²) in [5.41, 5.74) is 1.89. The number of benzene rings is 3. The molecule has 178 valence electrons. The van der Waals surface area contributed by atoms with E-state index in [1.165, 1.54) is 0 Å². The van der Waals surface area contributed by atoms with E-state index in [0.29, 0.717) is 17.2 Å². The summed E-state index contributed by atoms with van der Waals surface area (Å²) in [6.07, 6.45) is 0.391. The number of rotatable bonds is 10. The number of halogens is 2. The normalized spacial score (nSPS) is 11.7. The van der Waals surface area contributed by atoms with E-state index in [4.69, 9.17) is 16.3 Å². The van der Waals surface area contributed by atoms with Crippen LogP contribution < -0.4 is 10.1 Å². The van der Waals surface area contributed by atoms with Crippen molar-refractivity contribution >= 4 is 39.3 Å². The van der Waals surface area contributed by atoms with E-state index in [2.05, 4.69) is 21.2 Å². The first-order chi connectivity index (χ1) is 16.3. The molecule has 0 fully saturated rings. The van der Waals surface area contributed by atoms with Crippen LogP contribution in [0.15, 0.2) is 83.3 Å². The third kappa shape index (κ3) is 7.89. The molecule has 1 atom stereocenters. The molecule has 0 aliphatic heterocycles. The molecule has 0 saturated carbocycles. The number of amides is 2. The van der Waals surface area contributed by atoms with Crippen LogP contribution >= 0.6 is 27.5 Å². The van der Waals surface area contributed by atoms with Gasteiger partial charge < -0.3 is 15.0 Å². The Labute approximate surface area is 214 Å². The van der Waals surface area contributed by atoms with Crippen LogP contribution in [0.5, 0.6) is 5.75 Å². The summed E-state index contributed by atoms with van der Waals surface area (Å²) in [4.78, 5) is 28.4. The molecule has 2 amide bonds. The van der Waals surface area contributed by atoms with Gasteiger partial charge in [0, 0.05) is 28.5 Å². The van der Waals surface area contributed by atoms with Crippen molar-refractivity contribution in [2.45, 2.75) is 38.9 Å². The van der Waals surface area contributed by atoms with Gasteiger partial charge >= 0.3 is 0 Å². The van der Waals surface area contributed by atoms with Gasteiger partial charge in [-0.1, -0.05) is 70.0 Å². The van der Waals surface area contributed by atoms with Gasteiger partial charge in [0.1, 0.15) is 11.8 Å². The van der Waals surface area contributed by atoms with Gasteiger partial charge in [0.15, 0.2) is 6.61 Å². The summed E-state index contributed by atoms with van der Waals surface area (Å²) in [6.45, 7) is 3.89. The molecule has 0 aliphatic rings. The maximum atomic E-state index is 13.5. The Bertz CT molecular complexity index is 1070. The Morgan fingerprint density at radius 2 is 1.59 bits per heavy atom. The Hall–Kier alpha value is -2.83. The Morgan fingerprint density at radius 3 is 2.21 bits per heavy atom. The molecule has 0 bridgehead atoms.